The lowest BCUT2D eigenvalue weighted by atomic mass is 10.1. The standard InChI is InChI=1S/C29H32N4/c1-24-14-16-25(17-15-24)29-23-26(30-33(29)28-12-6-3-7-13-28)9-8-18-31-19-21-32(22-20-31)27-10-4-2-5-11-27/h2-7,10-17,23H,8-9,18-22H2,1H3. The molecule has 0 N–H and O–H groups in total. The van der Waals surface area contributed by atoms with E-state index in [-0.39, 0.29) is 0 Å². The van der Waals surface area contributed by atoms with Crippen molar-refractivity contribution in [3.63, 3.8) is 0 Å². The highest BCUT2D eigenvalue weighted by Crippen LogP contribution is 2.25. The van der Waals surface area contributed by atoms with Crippen molar-refractivity contribution in [2.24, 2.45) is 0 Å². The van der Waals surface area contributed by atoms with Crippen LogP contribution >= 0.6 is 0 Å². The van der Waals surface area contributed by atoms with Gasteiger partial charge in [0.05, 0.1) is 17.1 Å². The molecule has 1 aliphatic heterocycles. The van der Waals surface area contributed by atoms with Crippen LogP contribution in [0.2, 0.25) is 0 Å². The van der Waals surface area contributed by atoms with Gasteiger partial charge in [-0.25, -0.2) is 4.68 Å². The lowest BCUT2D eigenvalue weighted by Gasteiger charge is -2.36. The molecule has 0 atom stereocenters. The van der Waals surface area contributed by atoms with Gasteiger partial charge in [0.2, 0.25) is 0 Å². The molecule has 1 aromatic heterocycles. The van der Waals surface area contributed by atoms with E-state index in [1.54, 1.807) is 0 Å². The molecule has 0 aliphatic carbocycles. The zero-order valence-electron chi connectivity index (χ0n) is 19.4. The minimum Gasteiger partial charge on any atom is -0.369 e. The Hall–Kier alpha value is -3.37. The van der Waals surface area contributed by atoms with Crippen molar-refractivity contribution in [2.45, 2.75) is 19.8 Å². The first-order valence-electron chi connectivity index (χ1n) is 12.0. The van der Waals surface area contributed by atoms with Gasteiger partial charge in [-0.1, -0.05) is 66.2 Å². The van der Waals surface area contributed by atoms with Crippen LogP contribution in [0, 0.1) is 6.92 Å². The number of benzene rings is 3. The Morgan fingerprint density at radius 3 is 2.03 bits per heavy atom. The molecule has 0 unspecified atom stereocenters. The summed E-state index contributed by atoms with van der Waals surface area (Å²) in [5.41, 5.74) is 7.26. The maximum Gasteiger partial charge on any atom is 0.0743 e. The number of piperazine rings is 1. The van der Waals surface area contributed by atoms with E-state index >= 15 is 0 Å². The normalized spacial score (nSPS) is 14.5. The summed E-state index contributed by atoms with van der Waals surface area (Å²) in [7, 11) is 0. The highest BCUT2D eigenvalue weighted by molar-refractivity contribution is 5.63. The predicted molar refractivity (Wildman–Crippen MR) is 137 cm³/mol. The molecule has 0 spiro atoms. The molecule has 1 aliphatic rings. The molecule has 3 aromatic carbocycles. The van der Waals surface area contributed by atoms with E-state index < -0.39 is 0 Å². The van der Waals surface area contributed by atoms with E-state index in [0.717, 1.165) is 62.6 Å². The topological polar surface area (TPSA) is 24.3 Å². The van der Waals surface area contributed by atoms with Gasteiger partial charge < -0.3 is 4.90 Å². The second-order valence-corrected chi connectivity index (χ2v) is 8.90. The van der Waals surface area contributed by atoms with Gasteiger partial charge >= 0.3 is 0 Å². The van der Waals surface area contributed by atoms with Crippen LogP contribution in [0.3, 0.4) is 0 Å². The van der Waals surface area contributed by atoms with Gasteiger partial charge in [-0.2, -0.15) is 5.10 Å². The SMILES string of the molecule is Cc1ccc(-c2cc(CCCN3CCN(c4ccccc4)CC3)nn2-c2ccccc2)cc1. The van der Waals surface area contributed by atoms with E-state index in [9.17, 15) is 0 Å². The molecule has 0 saturated carbocycles. The molecule has 33 heavy (non-hydrogen) atoms. The van der Waals surface area contributed by atoms with Crippen molar-refractivity contribution in [3.8, 4) is 16.9 Å². The first kappa shape index (κ1) is 21.5. The smallest absolute Gasteiger partial charge is 0.0743 e. The Balaban J connectivity index is 1.23. The molecule has 5 rings (SSSR count). The molecule has 4 nitrogen and oxygen atoms in total. The fourth-order valence-electron chi connectivity index (χ4n) is 4.60. The third-order valence-electron chi connectivity index (χ3n) is 6.51. The van der Waals surface area contributed by atoms with Gasteiger partial charge in [0.25, 0.3) is 0 Å². The van der Waals surface area contributed by atoms with Crippen LogP contribution in [0.25, 0.3) is 16.9 Å². The summed E-state index contributed by atoms with van der Waals surface area (Å²) in [6.45, 7) is 7.71. The summed E-state index contributed by atoms with van der Waals surface area (Å²) in [6, 6.07) is 32.2. The van der Waals surface area contributed by atoms with E-state index in [1.807, 2.05) is 0 Å². The molecule has 1 saturated heterocycles. The highest BCUT2D eigenvalue weighted by atomic mass is 15.3. The first-order valence-corrected chi connectivity index (χ1v) is 12.0. The van der Waals surface area contributed by atoms with Gasteiger partial charge in [0, 0.05) is 37.4 Å². The third-order valence-corrected chi connectivity index (χ3v) is 6.51. The second kappa shape index (κ2) is 10.1. The van der Waals surface area contributed by atoms with Crippen molar-refractivity contribution < 1.29 is 0 Å². The number of hydrogen-bond acceptors (Lipinski definition) is 3. The predicted octanol–water partition coefficient (Wildman–Crippen LogP) is 5.60. The van der Waals surface area contributed by atoms with E-state index in [4.69, 9.17) is 5.10 Å². The van der Waals surface area contributed by atoms with Crippen molar-refractivity contribution >= 4 is 5.69 Å². The van der Waals surface area contributed by atoms with Crippen LogP contribution in [0.4, 0.5) is 5.69 Å². The van der Waals surface area contributed by atoms with Crippen LogP contribution in [0.15, 0.2) is 91.0 Å². The lowest BCUT2D eigenvalue weighted by molar-refractivity contribution is 0.255. The van der Waals surface area contributed by atoms with Gasteiger partial charge in [-0.05, 0) is 56.6 Å². The molecule has 4 aromatic rings. The average molecular weight is 437 g/mol. The van der Waals surface area contributed by atoms with Gasteiger partial charge in [-0.15, -0.1) is 0 Å². The fourth-order valence-corrected chi connectivity index (χ4v) is 4.60. The summed E-state index contributed by atoms with van der Waals surface area (Å²) in [4.78, 5) is 5.08. The largest absolute Gasteiger partial charge is 0.369 e. The van der Waals surface area contributed by atoms with Crippen LogP contribution in [-0.2, 0) is 6.42 Å². The molecular formula is C29H32N4. The van der Waals surface area contributed by atoms with Gasteiger partial charge in [-0.3, -0.25) is 4.90 Å². The summed E-state index contributed by atoms with van der Waals surface area (Å²) in [5.74, 6) is 0. The Kier molecular flexibility index (Phi) is 6.54. The Bertz CT molecular complexity index is 1140. The molecule has 0 amide bonds. The monoisotopic (exact) mass is 436 g/mol. The van der Waals surface area contributed by atoms with Crippen LogP contribution < -0.4 is 4.90 Å². The maximum absolute atomic E-state index is 5.00. The molecule has 168 valence electrons. The zero-order chi connectivity index (χ0) is 22.5. The first-order chi connectivity index (χ1) is 16.3. The number of nitrogens with zero attached hydrogens (tertiary/aromatic N) is 4. The molecule has 0 radical (unpaired) electrons. The molecule has 0 bridgehead atoms. The zero-order valence-corrected chi connectivity index (χ0v) is 19.4. The summed E-state index contributed by atoms with van der Waals surface area (Å²) < 4.78 is 2.10. The molecule has 1 fully saturated rings. The van der Waals surface area contributed by atoms with Crippen molar-refractivity contribution in [2.75, 3.05) is 37.6 Å². The van der Waals surface area contributed by atoms with Crippen molar-refractivity contribution in [3.05, 3.63) is 102 Å². The Morgan fingerprint density at radius 1 is 0.727 bits per heavy atom. The summed E-state index contributed by atoms with van der Waals surface area (Å²) >= 11 is 0. The molecule has 2 heterocycles. The lowest BCUT2D eigenvalue weighted by Crippen LogP contribution is -2.46. The molecule has 4 heteroatoms. The number of aryl methyl sites for hydroxylation is 2. The van der Waals surface area contributed by atoms with Crippen LogP contribution in [-0.4, -0.2) is 47.4 Å². The van der Waals surface area contributed by atoms with Gasteiger partial charge in [0.1, 0.15) is 0 Å². The average Bonchev–Trinajstić information content (AvgIpc) is 3.30. The maximum atomic E-state index is 5.00. The molecular weight excluding hydrogens is 404 g/mol. The minimum absolute atomic E-state index is 0.998. The van der Waals surface area contributed by atoms with Crippen LogP contribution in [0.5, 0.6) is 0 Å². The third kappa shape index (κ3) is 5.18. The number of aromatic nitrogens is 2. The highest BCUT2D eigenvalue weighted by Gasteiger charge is 2.17. The minimum atomic E-state index is 0.998. The summed E-state index contributed by atoms with van der Waals surface area (Å²) in [6.07, 6.45) is 2.13. The summed E-state index contributed by atoms with van der Waals surface area (Å²) in [5, 5.41) is 5.00. The number of anilines is 1. The Morgan fingerprint density at radius 2 is 1.36 bits per heavy atom. The van der Waals surface area contributed by atoms with E-state index in [0.29, 0.717) is 0 Å². The number of para-hydroxylation sites is 2. The van der Waals surface area contributed by atoms with Crippen molar-refractivity contribution in [1.29, 1.82) is 0 Å². The van der Waals surface area contributed by atoms with Gasteiger partial charge in [0.15, 0.2) is 0 Å². The van der Waals surface area contributed by atoms with Crippen LogP contribution in [0.1, 0.15) is 17.7 Å². The quantitative estimate of drug-likeness (QED) is 0.377. The number of rotatable bonds is 7. The second-order valence-electron chi connectivity index (χ2n) is 8.90. The Labute approximate surface area is 197 Å². The van der Waals surface area contributed by atoms with E-state index in [1.165, 1.54) is 16.8 Å². The van der Waals surface area contributed by atoms with Crippen molar-refractivity contribution in [1.82, 2.24) is 14.7 Å². The fraction of sp³-hybridized carbons (Fsp3) is 0.276. The van der Waals surface area contributed by atoms with E-state index in [2.05, 4.69) is 112 Å². The number of hydrogen-bond donors (Lipinski definition) is 0.